The molecule has 0 amide bonds. The van der Waals surface area contributed by atoms with Crippen LogP contribution >= 0.6 is 0 Å². The molecule has 0 rings (SSSR count). The molecule has 0 saturated heterocycles. The van der Waals surface area contributed by atoms with Gasteiger partial charge in [0.1, 0.15) is 6.10 Å². The Balaban J connectivity index is 4.75. The second-order valence-electron chi connectivity index (χ2n) is 6.09. The van der Waals surface area contributed by atoms with Crippen molar-refractivity contribution in [3.63, 3.8) is 0 Å². The molecule has 1 atom stereocenters. The molecule has 0 bridgehead atoms. The lowest BCUT2D eigenvalue weighted by molar-refractivity contribution is -0.928. The molecule has 0 N–H and O–H groups in total. The minimum absolute atomic E-state index is 0.213. The monoisotopic (exact) mass is 349 g/mol. The van der Waals surface area contributed by atoms with Crippen molar-refractivity contribution in [2.45, 2.75) is 52.6 Å². The van der Waals surface area contributed by atoms with Crippen LogP contribution in [-0.4, -0.2) is 61.5 Å². The molecule has 6 nitrogen and oxygen atoms in total. The minimum Gasteiger partial charge on any atom is -0.748 e. The van der Waals surface area contributed by atoms with Gasteiger partial charge < -0.3 is 13.8 Å². The molecule has 23 heavy (non-hydrogen) atoms. The van der Waals surface area contributed by atoms with E-state index in [2.05, 4.69) is 20.4 Å². The highest BCUT2D eigenvalue weighted by atomic mass is 32.2. The first-order chi connectivity index (χ1) is 10.7. The molecule has 0 aromatic rings. The quantitative estimate of drug-likeness (QED) is 0.220. The van der Waals surface area contributed by atoms with Crippen molar-refractivity contribution < 1.29 is 27.0 Å². The van der Waals surface area contributed by atoms with Crippen LogP contribution in [-0.2, 0) is 19.6 Å². The first-order valence-corrected chi connectivity index (χ1v) is 9.87. The third-order valence-electron chi connectivity index (χ3n) is 3.92. The van der Waals surface area contributed by atoms with E-state index in [9.17, 15) is 17.8 Å². The molecule has 7 heteroatoms. The maximum Gasteiger partial charge on any atom is 0.330 e. The van der Waals surface area contributed by atoms with Crippen molar-refractivity contribution >= 4 is 16.1 Å². The van der Waals surface area contributed by atoms with Gasteiger partial charge in [-0.05, 0) is 19.8 Å². The summed E-state index contributed by atoms with van der Waals surface area (Å²) in [5.41, 5.74) is 0. The summed E-state index contributed by atoms with van der Waals surface area (Å²) in [5.74, 6) is -0.749. The van der Waals surface area contributed by atoms with Gasteiger partial charge in [0.15, 0.2) is 0 Å². The van der Waals surface area contributed by atoms with Crippen molar-refractivity contribution in [2.75, 3.05) is 31.9 Å². The molecular weight excluding hydrogens is 318 g/mol. The first-order valence-electron chi connectivity index (χ1n) is 8.29. The fourth-order valence-corrected chi connectivity index (χ4v) is 3.44. The number of hydrogen-bond acceptors (Lipinski definition) is 5. The highest BCUT2D eigenvalue weighted by molar-refractivity contribution is 7.85. The number of ether oxygens (including phenoxy) is 1. The van der Waals surface area contributed by atoms with Gasteiger partial charge in [-0.1, -0.05) is 20.4 Å². The van der Waals surface area contributed by atoms with Gasteiger partial charge in [-0.25, -0.2) is 13.2 Å². The molecule has 0 aromatic heterocycles. The molecule has 0 aromatic carbocycles. The molecule has 0 aliphatic carbocycles. The van der Waals surface area contributed by atoms with E-state index >= 15 is 0 Å². The van der Waals surface area contributed by atoms with Gasteiger partial charge in [-0.15, -0.1) is 0 Å². The zero-order chi connectivity index (χ0) is 17.9. The van der Waals surface area contributed by atoms with Gasteiger partial charge in [0.2, 0.25) is 0 Å². The van der Waals surface area contributed by atoms with E-state index < -0.39 is 16.1 Å². The van der Waals surface area contributed by atoms with Crippen LogP contribution in [0, 0.1) is 0 Å². The van der Waals surface area contributed by atoms with Crippen molar-refractivity contribution in [1.29, 1.82) is 0 Å². The Kier molecular flexibility index (Phi) is 10.3. The highest BCUT2D eigenvalue weighted by Crippen LogP contribution is 2.15. The highest BCUT2D eigenvalue weighted by Gasteiger charge is 2.26. The van der Waals surface area contributed by atoms with Gasteiger partial charge in [0.25, 0.3) is 0 Å². The van der Waals surface area contributed by atoms with Crippen molar-refractivity contribution in [3.8, 4) is 0 Å². The van der Waals surface area contributed by atoms with E-state index in [1.807, 2.05) is 6.92 Å². The average molecular weight is 349 g/mol. The van der Waals surface area contributed by atoms with E-state index in [1.165, 1.54) is 0 Å². The summed E-state index contributed by atoms with van der Waals surface area (Å²) in [7, 11) is -4.17. The van der Waals surface area contributed by atoms with Gasteiger partial charge in [-0.3, -0.25) is 0 Å². The molecule has 136 valence electrons. The summed E-state index contributed by atoms with van der Waals surface area (Å²) < 4.78 is 38.4. The van der Waals surface area contributed by atoms with Crippen LogP contribution in [0.4, 0.5) is 0 Å². The van der Waals surface area contributed by atoms with Gasteiger partial charge in [-0.2, -0.15) is 0 Å². The topological polar surface area (TPSA) is 83.5 Å². The summed E-state index contributed by atoms with van der Waals surface area (Å²) in [6.45, 7) is 12.7. The molecule has 0 radical (unpaired) electrons. The summed E-state index contributed by atoms with van der Waals surface area (Å²) in [6, 6.07) is 0. The Hall–Kier alpha value is -0.920. The fraction of sp³-hybridized carbons (Fsp3) is 0.812. The molecule has 0 heterocycles. The fourth-order valence-electron chi connectivity index (χ4n) is 2.96. The van der Waals surface area contributed by atoms with E-state index in [0.29, 0.717) is 19.4 Å². The third kappa shape index (κ3) is 10.5. The first kappa shape index (κ1) is 22.1. The Morgan fingerprint density at radius 2 is 1.78 bits per heavy atom. The predicted octanol–water partition coefficient (Wildman–Crippen LogP) is 2.07. The second kappa shape index (κ2) is 10.8. The molecule has 0 aliphatic rings. The maximum absolute atomic E-state index is 11.2. The molecular formula is C16H31NO5S. The summed E-state index contributed by atoms with van der Waals surface area (Å²) in [6.07, 6.45) is 3.96. The summed E-state index contributed by atoms with van der Waals surface area (Å²) in [5, 5.41) is 0. The van der Waals surface area contributed by atoms with Crippen LogP contribution in [0.25, 0.3) is 0 Å². The third-order valence-corrected chi connectivity index (χ3v) is 4.71. The Labute approximate surface area is 140 Å². The molecule has 0 saturated carbocycles. The lowest BCUT2D eigenvalue weighted by Gasteiger charge is -2.39. The van der Waals surface area contributed by atoms with Gasteiger partial charge in [0.05, 0.1) is 36.3 Å². The van der Waals surface area contributed by atoms with E-state index in [1.54, 1.807) is 0 Å². The van der Waals surface area contributed by atoms with Crippen LogP contribution in [0.5, 0.6) is 0 Å². The number of carbonyl (C=O) groups is 1. The summed E-state index contributed by atoms with van der Waals surface area (Å²) in [4.78, 5) is 11.2. The van der Waals surface area contributed by atoms with Crippen molar-refractivity contribution in [2.24, 2.45) is 0 Å². The maximum atomic E-state index is 11.2. The molecule has 0 spiro atoms. The Bertz CT molecular complexity index is 455. The number of esters is 1. The average Bonchev–Trinajstić information content (AvgIpc) is 2.44. The van der Waals surface area contributed by atoms with Crippen LogP contribution in [0.3, 0.4) is 0 Å². The smallest absolute Gasteiger partial charge is 0.330 e. The van der Waals surface area contributed by atoms with Crippen molar-refractivity contribution in [3.05, 3.63) is 12.7 Å². The largest absolute Gasteiger partial charge is 0.748 e. The Morgan fingerprint density at radius 1 is 1.22 bits per heavy atom. The molecule has 0 fully saturated rings. The zero-order valence-electron chi connectivity index (χ0n) is 14.6. The SMILES string of the molecule is C=CC(=O)OC(C)CC[N+](CCC)(CCC)CCCS(=O)(=O)[O-]. The van der Waals surface area contributed by atoms with Crippen LogP contribution < -0.4 is 0 Å². The van der Waals surface area contributed by atoms with Gasteiger partial charge >= 0.3 is 5.97 Å². The minimum atomic E-state index is -4.17. The lowest BCUT2D eigenvalue weighted by Crippen LogP contribution is -2.51. The van der Waals surface area contributed by atoms with Gasteiger partial charge in [0, 0.05) is 24.7 Å². The number of rotatable bonds is 13. The van der Waals surface area contributed by atoms with Crippen LogP contribution in [0.15, 0.2) is 12.7 Å². The van der Waals surface area contributed by atoms with Crippen LogP contribution in [0.2, 0.25) is 0 Å². The Morgan fingerprint density at radius 3 is 2.22 bits per heavy atom. The van der Waals surface area contributed by atoms with Crippen LogP contribution in [0.1, 0.15) is 46.5 Å². The van der Waals surface area contributed by atoms with E-state index in [0.717, 1.165) is 43.0 Å². The number of nitrogens with zero attached hydrogens (tertiary/aromatic N) is 1. The van der Waals surface area contributed by atoms with Crippen molar-refractivity contribution in [1.82, 2.24) is 0 Å². The van der Waals surface area contributed by atoms with E-state index in [-0.39, 0.29) is 11.9 Å². The standard InChI is InChI=1S/C16H31NO5S/c1-5-10-17(11-6-2,12-8-14-23(19,20)21)13-9-15(4)22-16(18)7-3/h7,15H,3,5-6,8-14H2,1-2,4H3. The second-order valence-corrected chi connectivity index (χ2v) is 7.62. The number of carbonyl (C=O) groups excluding carboxylic acids is 1. The number of hydrogen-bond donors (Lipinski definition) is 0. The zero-order valence-corrected chi connectivity index (χ0v) is 15.4. The summed E-state index contributed by atoms with van der Waals surface area (Å²) >= 11 is 0. The lowest BCUT2D eigenvalue weighted by atomic mass is 10.1. The number of quaternary nitrogens is 1. The normalized spacial score (nSPS) is 13.6. The predicted molar refractivity (Wildman–Crippen MR) is 89.9 cm³/mol. The molecule has 1 unspecified atom stereocenters. The van der Waals surface area contributed by atoms with E-state index in [4.69, 9.17) is 4.74 Å². The molecule has 0 aliphatic heterocycles.